The van der Waals surface area contributed by atoms with E-state index >= 15 is 0 Å². The van der Waals surface area contributed by atoms with Crippen molar-refractivity contribution >= 4 is 48.6 Å². The summed E-state index contributed by atoms with van der Waals surface area (Å²) in [4.78, 5) is 0.624. The molecule has 0 aliphatic rings. The van der Waals surface area contributed by atoms with Crippen molar-refractivity contribution < 1.29 is 16.8 Å². The van der Waals surface area contributed by atoms with Gasteiger partial charge in [-0.15, -0.1) is 11.3 Å². The van der Waals surface area contributed by atoms with Crippen molar-refractivity contribution in [2.75, 3.05) is 12.8 Å². The highest BCUT2D eigenvalue weighted by Gasteiger charge is 2.26. The molecule has 0 amide bonds. The van der Waals surface area contributed by atoms with E-state index in [0.29, 0.717) is 4.88 Å². The molecule has 0 spiro atoms. The minimum Gasteiger partial charge on any atom is -0.389 e. The van der Waals surface area contributed by atoms with Gasteiger partial charge >= 0.3 is 0 Å². The van der Waals surface area contributed by atoms with Gasteiger partial charge in [0.2, 0.25) is 20.0 Å². The largest absolute Gasteiger partial charge is 0.389 e. The molecule has 0 bridgehead atoms. The minimum atomic E-state index is -3.74. The van der Waals surface area contributed by atoms with Crippen LogP contribution in [0.25, 0.3) is 0 Å². The second kappa shape index (κ2) is 6.26. The summed E-state index contributed by atoms with van der Waals surface area (Å²) >= 11 is 5.73. The SMILES string of the molecule is CC(C)(CNS(=O)(=O)c1ccc(C(N)=S)s1)NS(C)(=O)=O. The average Bonchev–Trinajstić information content (AvgIpc) is 2.73. The van der Waals surface area contributed by atoms with E-state index in [1.54, 1.807) is 13.8 Å². The van der Waals surface area contributed by atoms with Gasteiger partial charge in [-0.1, -0.05) is 12.2 Å². The van der Waals surface area contributed by atoms with E-state index in [0.717, 1.165) is 17.6 Å². The van der Waals surface area contributed by atoms with E-state index in [1.807, 2.05) is 0 Å². The fourth-order valence-corrected chi connectivity index (χ4v) is 5.17. The zero-order chi connectivity index (χ0) is 16.5. The number of nitrogens with two attached hydrogens (primary N) is 1. The standard InChI is InChI=1S/C10H17N3O4S4/c1-10(2,13-20(3,14)15)6-12-21(16,17)8-5-4-7(19-8)9(11)18/h4-5,12-13H,6H2,1-3H3,(H2,11,18). The molecular weight excluding hydrogens is 354 g/mol. The van der Waals surface area contributed by atoms with E-state index in [4.69, 9.17) is 18.0 Å². The van der Waals surface area contributed by atoms with Crippen LogP contribution in [0.5, 0.6) is 0 Å². The molecule has 0 aliphatic heterocycles. The van der Waals surface area contributed by atoms with Gasteiger partial charge in [0.15, 0.2) is 0 Å². The first kappa shape index (κ1) is 18.5. The van der Waals surface area contributed by atoms with E-state index in [9.17, 15) is 16.8 Å². The maximum Gasteiger partial charge on any atom is 0.250 e. The van der Waals surface area contributed by atoms with Crippen LogP contribution in [0.15, 0.2) is 16.3 Å². The minimum absolute atomic E-state index is 0.0699. The molecule has 1 rings (SSSR count). The Balaban J connectivity index is 2.83. The molecule has 21 heavy (non-hydrogen) atoms. The lowest BCUT2D eigenvalue weighted by Crippen LogP contribution is -2.50. The van der Waals surface area contributed by atoms with Gasteiger partial charge in [0.25, 0.3) is 0 Å². The Labute approximate surface area is 134 Å². The van der Waals surface area contributed by atoms with Crippen LogP contribution in [0.1, 0.15) is 18.7 Å². The topological polar surface area (TPSA) is 118 Å². The Hall–Kier alpha value is -0.590. The van der Waals surface area contributed by atoms with Gasteiger partial charge in [0.1, 0.15) is 9.20 Å². The molecule has 1 heterocycles. The van der Waals surface area contributed by atoms with Crippen LogP contribution < -0.4 is 15.2 Å². The highest BCUT2D eigenvalue weighted by atomic mass is 32.2. The van der Waals surface area contributed by atoms with Gasteiger partial charge < -0.3 is 5.73 Å². The molecule has 0 radical (unpaired) electrons. The molecule has 7 nitrogen and oxygen atoms in total. The molecule has 0 aromatic carbocycles. The third-order valence-corrected chi connectivity index (χ3v) is 6.54. The van der Waals surface area contributed by atoms with Gasteiger partial charge in [-0.2, -0.15) is 0 Å². The summed E-state index contributed by atoms with van der Waals surface area (Å²) in [5.41, 5.74) is 4.48. The first-order valence-corrected chi connectivity index (χ1v) is 10.3. The molecule has 0 fully saturated rings. The Morgan fingerprint density at radius 3 is 2.33 bits per heavy atom. The van der Waals surface area contributed by atoms with Gasteiger partial charge in [-0.25, -0.2) is 26.3 Å². The molecule has 0 saturated heterocycles. The Morgan fingerprint density at radius 1 is 1.33 bits per heavy atom. The highest BCUT2D eigenvalue weighted by Crippen LogP contribution is 2.21. The lowest BCUT2D eigenvalue weighted by atomic mass is 10.1. The van der Waals surface area contributed by atoms with Crippen LogP contribution >= 0.6 is 23.6 Å². The van der Waals surface area contributed by atoms with Crippen molar-refractivity contribution in [3.05, 3.63) is 17.0 Å². The monoisotopic (exact) mass is 371 g/mol. The normalized spacial score (nSPS) is 13.3. The molecule has 0 saturated carbocycles. The number of hydrogen-bond acceptors (Lipinski definition) is 6. The summed E-state index contributed by atoms with van der Waals surface area (Å²) in [6.07, 6.45) is 1.01. The highest BCUT2D eigenvalue weighted by molar-refractivity contribution is 7.91. The van der Waals surface area contributed by atoms with Crippen molar-refractivity contribution in [2.45, 2.75) is 23.6 Å². The van der Waals surface area contributed by atoms with Crippen molar-refractivity contribution in [3.63, 3.8) is 0 Å². The number of sulfonamides is 2. The summed E-state index contributed by atoms with van der Waals surface area (Å²) in [6, 6.07) is 2.93. The van der Waals surface area contributed by atoms with Crippen LogP contribution in [0.3, 0.4) is 0 Å². The van der Waals surface area contributed by atoms with E-state index in [-0.39, 0.29) is 15.7 Å². The molecular formula is C10H17N3O4S4. The summed E-state index contributed by atoms with van der Waals surface area (Å²) in [5.74, 6) is 0. The number of nitrogens with one attached hydrogen (secondary N) is 2. The summed E-state index contributed by atoms with van der Waals surface area (Å²) in [5, 5.41) is 0. The third-order valence-electron chi connectivity index (χ3n) is 2.25. The van der Waals surface area contributed by atoms with E-state index in [2.05, 4.69) is 9.44 Å². The molecule has 1 aromatic rings. The molecule has 0 unspecified atom stereocenters. The van der Waals surface area contributed by atoms with Crippen LogP contribution in [-0.2, 0) is 20.0 Å². The number of hydrogen-bond donors (Lipinski definition) is 3. The number of thiophene rings is 1. The predicted octanol–water partition coefficient (Wildman–Crippen LogP) is -0.0116. The fourth-order valence-electron chi connectivity index (χ4n) is 1.48. The number of rotatable bonds is 7. The summed E-state index contributed by atoms with van der Waals surface area (Å²) in [7, 11) is -7.18. The maximum atomic E-state index is 12.1. The Bertz CT molecular complexity index is 734. The maximum absolute atomic E-state index is 12.1. The Morgan fingerprint density at radius 2 is 1.90 bits per heavy atom. The summed E-state index contributed by atoms with van der Waals surface area (Å²) < 4.78 is 51.4. The molecule has 1 aromatic heterocycles. The summed E-state index contributed by atoms with van der Waals surface area (Å²) in [6.45, 7) is 3.06. The quantitative estimate of drug-likeness (QED) is 0.580. The fraction of sp³-hybridized carbons (Fsp3) is 0.500. The lowest BCUT2D eigenvalue weighted by Gasteiger charge is -2.24. The first-order chi connectivity index (χ1) is 9.32. The number of thiocarbonyl (C=S) groups is 1. The van der Waals surface area contributed by atoms with Gasteiger partial charge in [0, 0.05) is 12.1 Å². The van der Waals surface area contributed by atoms with Crippen molar-refractivity contribution in [1.29, 1.82) is 0 Å². The van der Waals surface area contributed by atoms with E-state index in [1.165, 1.54) is 12.1 Å². The zero-order valence-electron chi connectivity index (χ0n) is 11.7. The molecule has 4 N–H and O–H groups in total. The first-order valence-electron chi connectivity index (χ1n) is 5.71. The molecule has 11 heteroatoms. The molecule has 0 atom stereocenters. The second-order valence-corrected chi connectivity index (χ2v) is 10.3. The van der Waals surface area contributed by atoms with Crippen molar-refractivity contribution in [2.24, 2.45) is 5.73 Å². The van der Waals surface area contributed by atoms with Gasteiger partial charge in [-0.3, -0.25) is 0 Å². The van der Waals surface area contributed by atoms with Crippen LogP contribution in [-0.4, -0.2) is 40.2 Å². The Kier molecular flexibility index (Phi) is 5.51. The average molecular weight is 372 g/mol. The van der Waals surface area contributed by atoms with Crippen LogP contribution in [0.2, 0.25) is 0 Å². The van der Waals surface area contributed by atoms with Crippen molar-refractivity contribution in [1.82, 2.24) is 9.44 Å². The van der Waals surface area contributed by atoms with Crippen LogP contribution in [0.4, 0.5) is 0 Å². The third kappa shape index (κ3) is 5.96. The van der Waals surface area contributed by atoms with Crippen molar-refractivity contribution in [3.8, 4) is 0 Å². The predicted molar refractivity (Wildman–Crippen MR) is 87.5 cm³/mol. The van der Waals surface area contributed by atoms with Gasteiger partial charge in [0.05, 0.1) is 11.1 Å². The van der Waals surface area contributed by atoms with Gasteiger partial charge in [-0.05, 0) is 26.0 Å². The van der Waals surface area contributed by atoms with Crippen LogP contribution in [0, 0.1) is 0 Å². The zero-order valence-corrected chi connectivity index (χ0v) is 15.0. The lowest BCUT2D eigenvalue weighted by molar-refractivity contribution is 0.446. The second-order valence-electron chi connectivity index (χ2n) is 5.07. The molecule has 0 aliphatic carbocycles. The smallest absolute Gasteiger partial charge is 0.250 e. The molecule has 120 valence electrons. The van der Waals surface area contributed by atoms with E-state index < -0.39 is 25.6 Å².